The number of allylic oxidation sites excluding steroid dienone is 4. The Kier molecular flexibility index (Phi) is 73.8. The Bertz CT molecular complexity index is 2120. The van der Waals surface area contributed by atoms with Gasteiger partial charge in [0, 0.05) is 25.7 Å². The lowest BCUT2D eigenvalue weighted by atomic mass is 10.0. The molecular weight excluding hydrogens is 1370 g/mol. The average Bonchev–Trinajstić information content (AvgIpc) is 0.911. The molecule has 3 unspecified atom stereocenters. The van der Waals surface area contributed by atoms with Gasteiger partial charge in [-0.25, -0.2) is 9.13 Å². The number of carbonyl (C=O) groups is 4. The second-order valence-electron chi connectivity index (χ2n) is 31.7. The molecule has 0 spiro atoms. The maximum Gasteiger partial charge on any atom is 0.472 e. The number of unbranched alkanes of at least 4 members (excludes halogenated alkanes) is 47. The van der Waals surface area contributed by atoms with E-state index in [2.05, 4.69) is 72.8 Å². The number of aliphatic hydroxyl groups is 1. The van der Waals surface area contributed by atoms with Gasteiger partial charge in [-0.05, 0) is 69.1 Å². The standard InChI is InChI=1S/C86H164O17P2/c1-8-9-10-11-12-13-14-15-22-29-34-39-46-53-60-67-83(88)96-73-81(102-85(90)69-63-56-48-41-36-31-26-21-20-24-28-33-38-44-51-58-65-78(4)5)75-100-104(92,93)98-71-80(87)72-99-105(94,95)101-76-82(74-97-84(89)68-61-54-49-42-45-52-59-66-79(6)7)103-86(91)70-62-55-47-40-35-30-25-19-17-16-18-23-27-32-37-43-50-57-64-77(2)3/h13-15,22,77-82,87H,8-12,16-21,23-76H2,1-7H3,(H,92,93)(H,94,95)/b14-13-,22-15-/t80?,81-,82-/m1/s1. The van der Waals surface area contributed by atoms with Crippen LogP contribution in [0.1, 0.15) is 427 Å². The molecule has 0 aliphatic rings. The van der Waals surface area contributed by atoms with E-state index in [1.807, 2.05) is 0 Å². The van der Waals surface area contributed by atoms with Crippen LogP contribution in [0.25, 0.3) is 0 Å². The van der Waals surface area contributed by atoms with Gasteiger partial charge in [0.25, 0.3) is 0 Å². The van der Waals surface area contributed by atoms with E-state index >= 15 is 0 Å². The molecule has 0 fully saturated rings. The van der Waals surface area contributed by atoms with Crippen LogP contribution in [0.3, 0.4) is 0 Å². The molecule has 3 N–H and O–H groups in total. The zero-order chi connectivity index (χ0) is 77.2. The maximum atomic E-state index is 13.1. The lowest BCUT2D eigenvalue weighted by Crippen LogP contribution is -2.30. The van der Waals surface area contributed by atoms with E-state index in [-0.39, 0.29) is 25.7 Å². The van der Waals surface area contributed by atoms with E-state index in [4.69, 9.17) is 37.0 Å². The Balaban J connectivity index is 5.24. The van der Waals surface area contributed by atoms with E-state index in [0.29, 0.717) is 31.6 Å². The molecule has 0 aromatic rings. The minimum Gasteiger partial charge on any atom is -0.462 e. The first kappa shape index (κ1) is 103. The van der Waals surface area contributed by atoms with Crippen molar-refractivity contribution in [1.29, 1.82) is 0 Å². The molecule has 620 valence electrons. The van der Waals surface area contributed by atoms with Crippen molar-refractivity contribution in [3.05, 3.63) is 24.3 Å². The second kappa shape index (κ2) is 75.6. The van der Waals surface area contributed by atoms with Gasteiger partial charge >= 0.3 is 39.5 Å². The zero-order valence-electron chi connectivity index (χ0n) is 68.7. The fraction of sp³-hybridized carbons (Fsp3) is 0.907. The van der Waals surface area contributed by atoms with Crippen molar-refractivity contribution in [2.45, 2.75) is 446 Å². The Labute approximate surface area is 643 Å². The van der Waals surface area contributed by atoms with Gasteiger partial charge in [-0.2, -0.15) is 0 Å². The van der Waals surface area contributed by atoms with Crippen LogP contribution in [0.2, 0.25) is 0 Å². The molecule has 105 heavy (non-hydrogen) atoms. The summed E-state index contributed by atoms with van der Waals surface area (Å²) in [5, 5.41) is 10.7. The van der Waals surface area contributed by atoms with Crippen LogP contribution in [0.15, 0.2) is 24.3 Å². The molecule has 0 amide bonds. The second-order valence-corrected chi connectivity index (χ2v) is 34.6. The number of rotatable bonds is 82. The number of hydrogen-bond acceptors (Lipinski definition) is 15. The van der Waals surface area contributed by atoms with Crippen molar-refractivity contribution in [3.8, 4) is 0 Å². The highest BCUT2D eigenvalue weighted by atomic mass is 31.2. The first-order valence-corrected chi connectivity index (χ1v) is 46.7. The molecule has 17 nitrogen and oxygen atoms in total. The minimum absolute atomic E-state index is 0.101. The third-order valence-corrected chi connectivity index (χ3v) is 21.4. The van der Waals surface area contributed by atoms with Gasteiger partial charge < -0.3 is 33.8 Å². The van der Waals surface area contributed by atoms with Crippen molar-refractivity contribution >= 4 is 39.5 Å². The molecular formula is C86H164O17P2. The highest BCUT2D eigenvalue weighted by Gasteiger charge is 2.30. The van der Waals surface area contributed by atoms with Crippen molar-refractivity contribution in [2.75, 3.05) is 39.6 Å². The fourth-order valence-electron chi connectivity index (χ4n) is 12.8. The van der Waals surface area contributed by atoms with Crippen LogP contribution in [0.4, 0.5) is 0 Å². The molecule has 5 atom stereocenters. The molecule has 0 saturated carbocycles. The lowest BCUT2D eigenvalue weighted by molar-refractivity contribution is -0.161. The average molecular weight is 1530 g/mol. The Morgan fingerprint density at radius 3 is 0.771 bits per heavy atom. The summed E-state index contributed by atoms with van der Waals surface area (Å²) < 4.78 is 68.8. The molecule has 0 bridgehead atoms. The maximum absolute atomic E-state index is 13.1. The number of aliphatic hydroxyl groups excluding tert-OH is 1. The van der Waals surface area contributed by atoms with Gasteiger partial charge in [-0.1, -0.05) is 375 Å². The van der Waals surface area contributed by atoms with Crippen LogP contribution in [-0.2, 0) is 65.4 Å². The monoisotopic (exact) mass is 1530 g/mol. The lowest BCUT2D eigenvalue weighted by Gasteiger charge is -2.21. The molecule has 0 radical (unpaired) electrons. The molecule has 19 heteroatoms. The van der Waals surface area contributed by atoms with Gasteiger partial charge in [-0.15, -0.1) is 0 Å². The van der Waals surface area contributed by atoms with Crippen LogP contribution >= 0.6 is 15.6 Å². The fourth-order valence-corrected chi connectivity index (χ4v) is 14.4. The van der Waals surface area contributed by atoms with Crippen molar-refractivity contribution in [3.63, 3.8) is 0 Å². The third-order valence-electron chi connectivity index (χ3n) is 19.5. The third kappa shape index (κ3) is 79.4. The summed E-state index contributed by atoms with van der Waals surface area (Å²) >= 11 is 0. The summed E-state index contributed by atoms with van der Waals surface area (Å²) in [4.78, 5) is 73.2. The molecule has 0 saturated heterocycles. The molecule has 0 heterocycles. The van der Waals surface area contributed by atoms with Crippen LogP contribution in [0.5, 0.6) is 0 Å². The summed E-state index contributed by atoms with van der Waals surface area (Å²) in [6, 6.07) is 0. The summed E-state index contributed by atoms with van der Waals surface area (Å²) in [6.07, 6.45) is 69.0. The number of carbonyl (C=O) groups excluding carboxylic acids is 4. The SMILES string of the molecule is CCCCCC/C=C\C=C/CCCCCCCC(=O)OC[C@H](COP(=O)(O)OCC(O)COP(=O)(O)OC[C@@H](COC(=O)CCCCCCCCCC(C)C)OC(=O)CCCCCCCCCCCCCCCCCCCCC(C)C)OC(=O)CCCCCCCCCCCCCCCCCCC(C)C. The first-order valence-electron chi connectivity index (χ1n) is 43.7. The summed E-state index contributed by atoms with van der Waals surface area (Å²) in [7, 11) is -9.94. The molecule has 0 rings (SSSR count). The van der Waals surface area contributed by atoms with Crippen molar-refractivity contribution in [1.82, 2.24) is 0 Å². The van der Waals surface area contributed by atoms with E-state index in [1.165, 1.54) is 212 Å². The predicted molar refractivity (Wildman–Crippen MR) is 432 cm³/mol. The molecule has 0 aromatic carbocycles. The minimum atomic E-state index is -4.97. The van der Waals surface area contributed by atoms with Crippen molar-refractivity contribution in [2.24, 2.45) is 17.8 Å². The van der Waals surface area contributed by atoms with Gasteiger partial charge in [0.15, 0.2) is 12.2 Å². The quantitative estimate of drug-likeness (QED) is 0.0169. The predicted octanol–water partition coefficient (Wildman–Crippen LogP) is 25.6. The molecule has 0 aliphatic carbocycles. The number of ether oxygens (including phenoxy) is 4. The van der Waals surface area contributed by atoms with Crippen molar-refractivity contribution < 1.29 is 80.2 Å². The van der Waals surface area contributed by atoms with Crippen LogP contribution in [0, 0.1) is 17.8 Å². The summed E-state index contributed by atoms with van der Waals surface area (Å²) in [5.74, 6) is 0.193. The first-order chi connectivity index (χ1) is 50.7. The summed E-state index contributed by atoms with van der Waals surface area (Å²) in [6.45, 7) is 11.9. The van der Waals surface area contributed by atoms with E-state index in [9.17, 15) is 43.2 Å². The largest absolute Gasteiger partial charge is 0.472 e. The van der Waals surface area contributed by atoms with E-state index in [1.54, 1.807) is 0 Å². The number of phosphoric acid groups is 2. The van der Waals surface area contributed by atoms with Gasteiger partial charge in [-0.3, -0.25) is 37.3 Å². The Hall–Kier alpha value is -2.46. The topological polar surface area (TPSA) is 237 Å². The molecule has 0 aromatic heterocycles. The Morgan fingerprint density at radius 1 is 0.295 bits per heavy atom. The van der Waals surface area contributed by atoms with Crippen LogP contribution < -0.4 is 0 Å². The molecule has 0 aliphatic heterocycles. The smallest absolute Gasteiger partial charge is 0.462 e. The van der Waals surface area contributed by atoms with Crippen LogP contribution in [-0.4, -0.2) is 96.7 Å². The number of phosphoric ester groups is 2. The van der Waals surface area contributed by atoms with Gasteiger partial charge in [0.2, 0.25) is 0 Å². The van der Waals surface area contributed by atoms with Gasteiger partial charge in [0.1, 0.15) is 19.3 Å². The van der Waals surface area contributed by atoms with E-state index in [0.717, 1.165) is 127 Å². The summed E-state index contributed by atoms with van der Waals surface area (Å²) in [5.41, 5.74) is 0. The highest BCUT2D eigenvalue weighted by molar-refractivity contribution is 7.47. The van der Waals surface area contributed by atoms with Gasteiger partial charge in [0.05, 0.1) is 26.4 Å². The number of esters is 4. The highest BCUT2D eigenvalue weighted by Crippen LogP contribution is 2.45. The number of hydrogen-bond donors (Lipinski definition) is 3. The normalized spacial score (nSPS) is 14.0. The van der Waals surface area contributed by atoms with E-state index < -0.39 is 97.5 Å². The zero-order valence-corrected chi connectivity index (χ0v) is 70.5. The Morgan fingerprint density at radius 2 is 0.514 bits per heavy atom.